The fourth-order valence-corrected chi connectivity index (χ4v) is 2.30. The zero-order valence-electron chi connectivity index (χ0n) is 11.2. The normalized spacial score (nSPS) is 11.1. The molecule has 0 unspecified atom stereocenters. The van der Waals surface area contributed by atoms with Crippen molar-refractivity contribution in [2.45, 2.75) is 19.8 Å². The van der Waals surface area contributed by atoms with Crippen LogP contribution in [-0.2, 0) is 12.8 Å². The van der Waals surface area contributed by atoms with Crippen molar-refractivity contribution in [3.05, 3.63) is 59.2 Å². The minimum atomic E-state index is -0.195. The second kappa shape index (κ2) is 4.96. The highest BCUT2D eigenvalue weighted by atomic mass is 19.1. The summed E-state index contributed by atoms with van der Waals surface area (Å²) in [6, 6.07) is 10.5. The molecule has 0 radical (unpaired) electrons. The van der Waals surface area contributed by atoms with Gasteiger partial charge in [-0.1, -0.05) is 18.2 Å². The van der Waals surface area contributed by atoms with Gasteiger partial charge >= 0.3 is 0 Å². The number of hydrogen-bond acceptors (Lipinski definition) is 3. The molecule has 20 heavy (non-hydrogen) atoms. The third-order valence-corrected chi connectivity index (χ3v) is 3.27. The van der Waals surface area contributed by atoms with E-state index in [1.807, 2.05) is 25.1 Å². The predicted molar refractivity (Wildman–Crippen MR) is 77.0 cm³/mol. The Balaban J connectivity index is 1.85. The molecule has 0 saturated carbocycles. The van der Waals surface area contributed by atoms with Gasteiger partial charge in [-0.15, -0.1) is 0 Å². The summed E-state index contributed by atoms with van der Waals surface area (Å²) in [6.45, 7) is 1.96. The number of hydrogen-bond donors (Lipinski definition) is 1. The molecular formula is C16H15FN2O. The molecule has 0 fully saturated rings. The average Bonchev–Trinajstić information content (AvgIpc) is 2.81. The van der Waals surface area contributed by atoms with E-state index >= 15 is 0 Å². The summed E-state index contributed by atoms with van der Waals surface area (Å²) in [5.41, 5.74) is 9.57. The van der Waals surface area contributed by atoms with Gasteiger partial charge in [0, 0.05) is 6.42 Å². The zero-order chi connectivity index (χ0) is 14.1. The van der Waals surface area contributed by atoms with Crippen molar-refractivity contribution in [1.29, 1.82) is 0 Å². The molecule has 0 aliphatic heterocycles. The van der Waals surface area contributed by atoms with Gasteiger partial charge in [0.2, 0.25) is 0 Å². The molecular weight excluding hydrogens is 255 g/mol. The van der Waals surface area contributed by atoms with Crippen LogP contribution in [0.5, 0.6) is 0 Å². The first-order chi connectivity index (χ1) is 9.63. The number of nitrogens with two attached hydrogens (primary N) is 1. The Morgan fingerprint density at radius 2 is 2.00 bits per heavy atom. The first-order valence-corrected chi connectivity index (χ1v) is 6.52. The molecule has 2 N–H and O–H groups in total. The van der Waals surface area contributed by atoms with Crippen LogP contribution >= 0.6 is 0 Å². The van der Waals surface area contributed by atoms with Crippen LogP contribution in [0.1, 0.15) is 17.0 Å². The summed E-state index contributed by atoms with van der Waals surface area (Å²) >= 11 is 0. The number of oxazole rings is 1. The summed E-state index contributed by atoms with van der Waals surface area (Å²) in [4.78, 5) is 4.41. The molecule has 0 amide bonds. The number of anilines is 1. The van der Waals surface area contributed by atoms with E-state index in [-0.39, 0.29) is 5.82 Å². The van der Waals surface area contributed by atoms with Crippen molar-refractivity contribution in [2.24, 2.45) is 0 Å². The maximum Gasteiger partial charge on any atom is 0.195 e. The molecule has 1 aromatic heterocycles. The van der Waals surface area contributed by atoms with Crippen LogP contribution in [0, 0.1) is 12.7 Å². The predicted octanol–water partition coefficient (Wildman–Crippen LogP) is 3.64. The Labute approximate surface area is 116 Å². The number of rotatable bonds is 3. The van der Waals surface area contributed by atoms with Crippen molar-refractivity contribution in [1.82, 2.24) is 4.98 Å². The highest BCUT2D eigenvalue weighted by Gasteiger charge is 2.10. The van der Waals surface area contributed by atoms with E-state index in [0.717, 1.165) is 11.1 Å². The Morgan fingerprint density at radius 1 is 1.20 bits per heavy atom. The van der Waals surface area contributed by atoms with Gasteiger partial charge in [0.1, 0.15) is 11.3 Å². The first-order valence-electron chi connectivity index (χ1n) is 6.52. The Morgan fingerprint density at radius 3 is 2.80 bits per heavy atom. The lowest BCUT2D eigenvalue weighted by Crippen LogP contribution is -1.94. The molecule has 0 atom stereocenters. The molecule has 1 heterocycles. The molecule has 3 aromatic rings. The van der Waals surface area contributed by atoms with Crippen LogP contribution < -0.4 is 5.73 Å². The van der Waals surface area contributed by atoms with Crippen LogP contribution in [0.4, 0.5) is 10.1 Å². The topological polar surface area (TPSA) is 52.0 Å². The molecule has 4 heteroatoms. The molecule has 0 spiro atoms. The lowest BCUT2D eigenvalue weighted by atomic mass is 10.1. The number of benzene rings is 2. The quantitative estimate of drug-likeness (QED) is 0.739. The van der Waals surface area contributed by atoms with E-state index in [4.69, 9.17) is 10.2 Å². The number of nitrogen functional groups attached to an aromatic ring is 1. The number of aromatic nitrogens is 1. The third-order valence-electron chi connectivity index (χ3n) is 3.27. The Kier molecular flexibility index (Phi) is 3.14. The molecule has 3 nitrogen and oxygen atoms in total. The van der Waals surface area contributed by atoms with Crippen LogP contribution in [-0.4, -0.2) is 4.98 Å². The zero-order valence-corrected chi connectivity index (χ0v) is 11.2. The summed E-state index contributed by atoms with van der Waals surface area (Å²) in [5, 5.41) is 0. The smallest absolute Gasteiger partial charge is 0.195 e. The van der Waals surface area contributed by atoms with Gasteiger partial charge in [-0.2, -0.15) is 0 Å². The fourth-order valence-electron chi connectivity index (χ4n) is 2.30. The molecule has 102 valence electrons. The second-order valence-electron chi connectivity index (χ2n) is 4.90. The summed E-state index contributed by atoms with van der Waals surface area (Å²) in [6.07, 6.45) is 1.10. The first kappa shape index (κ1) is 12.7. The molecule has 0 bridgehead atoms. The molecule has 0 aliphatic rings. The van der Waals surface area contributed by atoms with Crippen LogP contribution in [0.3, 0.4) is 0 Å². The van der Waals surface area contributed by atoms with Crippen molar-refractivity contribution in [3.8, 4) is 0 Å². The highest BCUT2D eigenvalue weighted by molar-refractivity contribution is 5.85. The third kappa shape index (κ3) is 2.37. The lowest BCUT2D eigenvalue weighted by Gasteiger charge is -1.99. The maximum absolute atomic E-state index is 13.5. The average molecular weight is 270 g/mol. The van der Waals surface area contributed by atoms with Gasteiger partial charge in [-0.25, -0.2) is 9.37 Å². The minimum Gasteiger partial charge on any atom is -0.439 e. The highest BCUT2D eigenvalue weighted by Crippen LogP contribution is 2.24. The van der Waals surface area contributed by atoms with Gasteiger partial charge in [-0.05, 0) is 42.7 Å². The Hall–Kier alpha value is -2.36. The second-order valence-corrected chi connectivity index (χ2v) is 4.90. The van der Waals surface area contributed by atoms with Crippen LogP contribution in [0.25, 0.3) is 11.1 Å². The fraction of sp³-hybridized carbons (Fsp3) is 0.188. The maximum atomic E-state index is 13.5. The van der Waals surface area contributed by atoms with Crippen molar-refractivity contribution in [2.75, 3.05) is 5.73 Å². The molecule has 0 saturated heterocycles. The van der Waals surface area contributed by atoms with E-state index < -0.39 is 0 Å². The molecule has 0 aliphatic carbocycles. The van der Waals surface area contributed by atoms with Gasteiger partial charge < -0.3 is 10.2 Å². The van der Waals surface area contributed by atoms with Crippen LogP contribution in [0.15, 0.2) is 40.8 Å². The SMILES string of the molecule is Cc1cc(N)c2oc(CCc3ccccc3F)nc2c1. The molecule has 3 rings (SSSR count). The minimum absolute atomic E-state index is 0.195. The number of halogens is 1. The van der Waals surface area contributed by atoms with Gasteiger partial charge in [0.15, 0.2) is 11.5 Å². The summed E-state index contributed by atoms with van der Waals surface area (Å²) in [7, 11) is 0. The van der Waals surface area contributed by atoms with Gasteiger partial charge in [-0.3, -0.25) is 0 Å². The van der Waals surface area contributed by atoms with Crippen molar-refractivity contribution >= 4 is 16.8 Å². The van der Waals surface area contributed by atoms with Gasteiger partial charge in [0.05, 0.1) is 5.69 Å². The van der Waals surface area contributed by atoms with E-state index in [2.05, 4.69) is 4.98 Å². The standard InChI is InChI=1S/C16H15FN2O/c1-10-8-13(18)16-14(9-10)19-15(20-16)7-6-11-4-2-3-5-12(11)17/h2-5,8-9H,6-7,18H2,1H3. The summed E-state index contributed by atoms with van der Waals surface area (Å²) < 4.78 is 19.2. The number of fused-ring (bicyclic) bond motifs is 1. The Bertz CT molecular complexity index is 764. The molecule has 2 aromatic carbocycles. The van der Waals surface area contributed by atoms with E-state index in [1.54, 1.807) is 12.1 Å². The number of nitrogens with zero attached hydrogens (tertiary/aromatic N) is 1. The number of aryl methyl sites for hydroxylation is 3. The van der Waals surface area contributed by atoms with E-state index in [0.29, 0.717) is 35.6 Å². The van der Waals surface area contributed by atoms with E-state index in [9.17, 15) is 4.39 Å². The van der Waals surface area contributed by atoms with Gasteiger partial charge in [0.25, 0.3) is 0 Å². The lowest BCUT2D eigenvalue weighted by molar-refractivity contribution is 0.524. The monoisotopic (exact) mass is 270 g/mol. The van der Waals surface area contributed by atoms with Crippen LogP contribution in [0.2, 0.25) is 0 Å². The van der Waals surface area contributed by atoms with Crippen molar-refractivity contribution in [3.63, 3.8) is 0 Å². The van der Waals surface area contributed by atoms with E-state index in [1.165, 1.54) is 6.07 Å². The largest absolute Gasteiger partial charge is 0.439 e. The summed E-state index contributed by atoms with van der Waals surface area (Å²) in [5.74, 6) is 0.388. The van der Waals surface area contributed by atoms with Crippen molar-refractivity contribution < 1.29 is 8.81 Å².